The van der Waals surface area contributed by atoms with Crippen molar-refractivity contribution < 1.29 is 23.6 Å². The summed E-state index contributed by atoms with van der Waals surface area (Å²) in [6.07, 6.45) is 6.84. The number of anilines is 1. The molecule has 1 aliphatic carbocycles. The fraction of sp³-hybridized carbons (Fsp3) is 0.609. The van der Waals surface area contributed by atoms with E-state index >= 15 is 0 Å². The molecular weight excluding hydrogens is 401 g/mol. The van der Waals surface area contributed by atoms with Gasteiger partial charge in [0.05, 0.1) is 12.2 Å². The maximum atomic E-state index is 13.7. The van der Waals surface area contributed by atoms with Crippen molar-refractivity contribution in [1.29, 1.82) is 0 Å². The first-order valence-electron chi connectivity index (χ1n) is 11.1. The van der Waals surface area contributed by atoms with Crippen LogP contribution in [0.5, 0.6) is 5.75 Å². The maximum Gasteiger partial charge on any atom is 0.338 e. The molecule has 2 fully saturated rings. The van der Waals surface area contributed by atoms with Crippen molar-refractivity contribution in [3.8, 4) is 5.75 Å². The molecule has 0 unspecified atom stereocenters. The molecule has 2 aromatic rings. The number of halogens is 1. The standard InChI is InChI=1S/C23H30FN3O4/c1-15(2)20-25-22(31-26-20)27-9-7-23(8-10-27)13-16(14-23)4-3-11-30-17-5-6-18(21(28)29)19(24)12-17/h5-6,12,15-16H,3-4,7-11,13-14H2,1-2H3,(H,28,29). The molecule has 0 bridgehead atoms. The number of hydrogen-bond donors (Lipinski definition) is 1. The van der Waals surface area contributed by atoms with E-state index in [4.69, 9.17) is 14.4 Å². The van der Waals surface area contributed by atoms with Gasteiger partial charge >= 0.3 is 12.0 Å². The highest BCUT2D eigenvalue weighted by atomic mass is 19.1. The van der Waals surface area contributed by atoms with Crippen LogP contribution in [0, 0.1) is 17.2 Å². The van der Waals surface area contributed by atoms with E-state index in [-0.39, 0.29) is 11.5 Å². The van der Waals surface area contributed by atoms with Gasteiger partial charge in [-0.05, 0) is 62.0 Å². The Bertz CT molecular complexity index is 913. The molecule has 1 N–H and O–H groups in total. The SMILES string of the molecule is CC(C)c1noc(N2CCC3(CC2)CC(CCCOc2ccc(C(=O)O)c(F)c2)C3)n1. The molecule has 1 aromatic heterocycles. The van der Waals surface area contributed by atoms with Gasteiger partial charge in [-0.3, -0.25) is 0 Å². The first kappa shape index (κ1) is 21.6. The first-order valence-corrected chi connectivity index (χ1v) is 11.1. The lowest BCUT2D eigenvalue weighted by Gasteiger charge is -2.52. The van der Waals surface area contributed by atoms with Gasteiger partial charge in [-0.2, -0.15) is 4.98 Å². The average Bonchev–Trinajstić information content (AvgIpc) is 3.20. The van der Waals surface area contributed by atoms with Gasteiger partial charge in [0.15, 0.2) is 5.82 Å². The van der Waals surface area contributed by atoms with Gasteiger partial charge < -0.3 is 19.3 Å². The summed E-state index contributed by atoms with van der Waals surface area (Å²) in [7, 11) is 0. The Hall–Kier alpha value is -2.64. The van der Waals surface area contributed by atoms with E-state index in [9.17, 15) is 9.18 Å². The minimum absolute atomic E-state index is 0.271. The minimum Gasteiger partial charge on any atom is -0.493 e. The van der Waals surface area contributed by atoms with Crippen LogP contribution >= 0.6 is 0 Å². The third-order valence-electron chi connectivity index (χ3n) is 6.68. The van der Waals surface area contributed by atoms with Gasteiger partial charge in [-0.15, -0.1) is 0 Å². The predicted molar refractivity (Wildman–Crippen MR) is 113 cm³/mol. The van der Waals surface area contributed by atoms with Crippen LogP contribution in [0.3, 0.4) is 0 Å². The molecule has 8 heteroatoms. The molecule has 0 radical (unpaired) electrons. The van der Waals surface area contributed by atoms with Crippen LogP contribution in [0.4, 0.5) is 10.4 Å². The van der Waals surface area contributed by atoms with Crippen LogP contribution in [-0.4, -0.2) is 40.9 Å². The Morgan fingerprint density at radius 1 is 1.35 bits per heavy atom. The molecule has 1 aromatic carbocycles. The Morgan fingerprint density at radius 2 is 2.10 bits per heavy atom. The first-order chi connectivity index (χ1) is 14.8. The van der Waals surface area contributed by atoms with Gasteiger partial charge in [0, 0.05) is 25.1 Å². The van der Waals surface area contributed by atoms with E-state index in [0.717, 1.165) is 56.6 Å². The summed E-state index contributed by atoms with van der Waals surface area (Å²) in [6, 6.07) is 4.54. The molecule has 31 heavy (non-hydrogen) atoms. The van der Waals surface area contributed by atoms with Crippen molar-refractivity contribution in [2.75, 3.05) is 24.6 Å². The fourth-order valence-electron chi connectivity index (χ4n) is 4.86. The minimum atomic E-state index is -1.27. The molecule has 0 atom stereocenters. The quantitative estimate of drug-likeness (QED) is 0.596. The van der Waals surface area contributed by atoms with Crippen molar-refractivity contribution in [3.63, 3.8) is 0 Å². The third-order valence-corrected chi connectivity index (χ3v) is 6.68. The van der Waals surface area contributed by atoms with Gasteiger partial charge in [0.1, 0.15) is 11.6 Å². The van der Waals surface area contributed by atoms with Crippen LogP contribution < -0.4 is 9.64 Å². The summed E-state index contributed by atoms with van der Waals surface area (Å²) in [4.78, 5) is 17.6. The summed E-state index contributed by atoms with van der Waals surface area (Å²) in [5.41, 5.74) is 0.122. The molecular formula is C23H30FN3O4. The zero-order valence-corrected chi connectivity index (χ0v) is 18.1. The molecule has 2 heterocycles. The van der Waals surface area contributed by atoms with Gasteiger partial charge in [-0.25, -0.2) is 9.18 Å². The molecule has 1 saturated carbocycles. The summed E-state index contributed by atoms with van der Waals surface area (Å²) in [5, 5.41) is 12.9. The lowest BCUT2D eigenvalue weighted by Crippen LogP contribution is -2.47. The Kier molecular flexibility index (Phi) is 6.16. The van der Waals surface area contributed by atoms with Crippen LogP contribution in [0.1, 0.15) is 74.5 Å². The summed E-state index contributed by atoms with van der Waals surface area (Å²) >= 11 is 0. The van der Waals surface area contributed by atoms with Gasteiger partial charge in [-0.1, -0.05) is 19.0 Å². The zero-order valence-electron chi connectivity index (χ0n) is 18.1. The molecule has 4 rings (SSSR count). The van der Waals surface area contributed by atoms with Gasteiger partial charge in [0.25, 0.3) is 0 Å². The number of carbonyl (C=O) groups is 1. The number of ether oxygens (including phenoxy) is 1. The van der Waals surface area contributed by atoms with Crippen molar-refractivity contribution in [2.45, 2.75) is 58.3 Å². The Morgan fingerprint density at radius 3 is 2.71 bits per heavy atom. The normalized spacial score (nSPS) is 18.4. The Labute approximate surface area is 181 Å². The molecule has 0 amide bonds. The van der Waals surface area contributed by atoms with Crippen molar-refractivity contribution in [1.82, 2.24) is 10.1 Å². The number of hydrogen-bond acceptors (Lipinski definition) is 6. The topological polar surface area (TPSA) is 88.7 Å². The molecule has 1 saturated heterocycles. The van der Waals surface area contributed by atoms with E-state index in [0.29, 0.717) is 23.8 Å². The molecule has 1 aliphatic heterocycles. The second-order valence-electron chi connectivity index (χ2n) is 9.29. The summed E-state index contributed by atoms with van der Waals surface area (Å²) in [6.45, 7) is 6.57. The molecule has 1 spiro atoms. The lowest BCUT2D eigenvalue weighted by molar-refractivity contribution is 0.0198. The molecule has 7 nitrogen and oxygen atoms in total. The average molecular weight is 432 g/mol. The zero-order chi connectivity index (χ0) is 22.0. The highest BCUT2D eigenvalue weighted by molar-refractivity contribution is 5.88. The second kappa shape index (κ2) is 8.85. The van der Waals surface area contributed by atoms with Gasteiger partial charge in [0.2, 0.25) is 0 Å². The van der Waals surface area contributed by atoms with Crippen LogP contribution in [0.15, 0.2) is 22.7 Å². The lowest BCUT2D eigenvalue weighted by atomic mass is 9.56. The number of aromatic carboxylic acids is 1. The molecule has 2 aliphatic rings. The largest absolute Gasteiger partial charge is 0.493 e. The number of rotatable bonds is 8. The fourth-order valence-corrected chi connectivity index (χ4v) is 4.86. The second-order valence-corrected chi connectivity index (χ2v) is 9.29. The number of aromatic nitrogens is 2. The van der Waals surface area contributed by atoms with E-state index in [1.54, 1.807) is 0 Å². The monoisotopic (exact) mass is 431 g/mol. The highest BCUT2D eigenvalue weighted by Crippen LogP contribution is 2.54. The van der Waals surface area contributed by atoms with Crippen molar-refractivity contribution >= 4 is 12.0 Å². The number of nitrogens with zero attached hydrogens (tertiary/aromatic N) is 3. The van der Waals surface area contributed by atoms with Crippen LogP contribution in [-0.2, 0) is 0 Å². The van der Waals surface area contributed by atoms with Crippen LogP contribution in [0.2, 0.25) is 0 Å². The number of benzene rings is 1. The van der Waals surface area contributed by atoms with Crippen LogP contribution in [0.25, 0.3) is 0 Å². The van der Waals surface area contributed by atoms with E-state index < -0.39 is 11.8 Å². The Balaban J connectivity index is 1.15. The van der Waals surface area contributed by atoms with E-state index in [1.807, 2.05) is 0 Å². The number of carboxylic acid groups (broad SMARTS) is 1. The van der Waals surface area contributed by atoms with E-state index in [2.05, 4.69) is 28.9 Å². The number of carboxylic acids is 1. The predicted octanol–water partition coefficient (Wildman–Crippen LogP) is 4.89. The van der Waals surface area contributed by atoms with E-state index in [1.165, 1.54) is 25.0 Å². The smallest absolute Gasteiger partial charge is 0.338 e. The summed E-state index contributed by atoms with van der Waals surface area (Å²) < 4.78 is 24.7. The van der Waals surface area contributed by atoms with Crippen molar-refractivity contribution in [3.05, 3.63) is 35.4 Å². The number of piperidine rings is 1. The van der Waals surface area contributed by atoms with Crippen molar-refractivity contribution in [2.24, 2.45) is 11.3 Å². The molecule has 168 valence electrons. The maximum absolute atomic E-state index is 13.7. The third kappa shape index (κ3) is 4.83. The summed E-state index contributed by atoms with van der Waals surface area (Å²) in [5.74, 6) is 0.0955. The highest BCUT2D eigenvalue weighted by Gasteiger charge is 2.45.